The van der Waals surface area contributed by atoms with Gasteiger partial charge in [-0.3, -0.25) is 9.52 Å². The summed E-state index contributed by atoms with van der Waals surface area (Å²) in [5, 5.41) is 3.01. The van der Waals surface area contributed by atoms with Gasteiger partial charge in [-0.1, -0.05) is 30.3 Å². The monoisotopic (exact) mass is 464 g/mol. The molecular formula is C27H32N2O3S. The average Bonchev–Trinajstić information content (AvgIpc) is 2.73. The molecule has 0 saturated carbocycles. The van der Waals surface area contributed by atoms with Crippen molar-refractivity contribution in [2.45, 2.75) is 59.4 Å². The van der Waals surface area contributed by atoms with Crippen molar-refractivity contribution in [3.63, 3.8) is 0 Å². The molecule has 0 saturated heterocycles. The van der Waals surface area contributed by atoms with Gasteiger partial charge in [0.25, 0.3) is 15.9 Å². The van der Waals surface area contributed by atoms with Crippen molar-refractivity contribution in [3.8, 4) is 0 Å². The first kappa shape index (κ1) is 24.5. The molecule has 0 spiro atoms. The molecule has 33 heavy (non-hydrogen) atoms. The summed E-state index contributed by atoms with van der Waals surface area (Å²) >= 11 is 0. The second kappa shape index (κ2) is 9.40. The van der Waals surface area contributed by atoms with Crippen LogP contribution in [0.5, 0.6) is 0 Å². The summed E-state index contributed by atoms with van der Waals surface area (Å²) in [5.74, 6) is -0.316. The van der Waals surface area contributed by atoms with Crippen molar-refractivity contribution < 1.29 is 13.2 Å². The van der Waals surface area contributed by atoms with Gasteiger partial charge in [-0.05, 0) is 106 Å². The SMILES string of the molecule is Cc1ccc(C)c(NS(=O)(=O)c2cc(C(=O)N[C@H](C)c3cc(C)c(C)cc3C)ccc2C)c1. The van der Waals surface area contributed by atoms with Gasteiger partial charge in [-0.2, -0.15) is 0 Å². The number of anilines is 1. The second-order valence-electron chi connectivity index (χ2n) is 8.89. The third-order valence-corrected chi connectivity index (χ3v) is 7.58. The molecule has 0 aliphatic carbocycles. The fourth-order valence-electron chi connectivity index (χ4n) is 3.88. The molecule has 3 aromatic carbocycles. The molecule has 0 aliphatic rings. The Morgan fingerprint density at radius 3 is 2.09 bits per heavy atom. The second-order valence-corrected chi connectivity index (χ2v) is 10.5. The zero-order chi connectivity index (χ0) is 24.5. The first-order valence-electron chi connectivity index (χ1n) is 11.0. The van der Waals surface area contributed by atoms with Crippen LogP contribution in [0.1, 0.15) is 62.3 Å². The molecule has 0 heterocycles. The number of hydrogen-bond donors (Lipinski definition) is 2. The molecule has 3 aromatic rings. The van der Waals surface area contributed by atoms with Crippen LogP contribution in [0.15, 0.2) is 53.4 Å². The van der Waals surface area contributed by atoms with Crippen LogP contribution >= 0.6 is 0 Å². The Balaban J connectivity index is 1.88. The molecule has 174 valence electrons. The minimum Gasteiger partial charge on any atom is -0.346 e. The van der Waals surface area contributed by atoms with E-state index >= 15 is 0 Å². The molecule has 1 amide bonds. The van der Waals surface area contributed by atoms with Gasteiger partial charge in [-0.15, -0.1) is 0 Å². The van der Waals surface area contributed by atoms with E-state index in [1.165, 1.54) is 11.6 Å². The Morgan fingerprint density at radius 2 is 1.39 bits per heavy atom. The lowest BCUT2D eigenvalue weighted by Gasteiger charge is -2.19. The Kier molecular flexibility index (Phi) is 6.98. The molecule has 3 rings (SSSR count). The quantitative estimate of drug-likeness (QED) is 0.482. The Bertz CT molecular complexity index is 1330. The van der Waals surface area contributed by atoms with Crippen LogP contribution < -0.4 is 10.0 Å². The van der Waals surface area contributed by atoms with E-state index in [4.69, 9.17) is 0 Å². The molecular weight excluding hydrogens is 432 g/mol. The van der Waals surface area contributed by atoms with Gasteiger partial charge in [-0.25, -0.2) is 8.42 Å². The van der Waals surface area contributed by atoms with Crippen LogP contribution in [0.4, 0.5) is 5.69 Å². The zero-order valence-electron chi connectivity index (χ0n) is 20.3. The van der Waals surface area contributed by atoms with Gasteiger partial charge >= 0.3 is 0 Å². The van der Waals surface area contributed by atoms with Crippen molar-refractivity contribution in [2.24, 2.45) is 0 Å². The van der Waals surface area contributed by atoms with Crippen LogP contribution in [0.3, 0.4) is 0 Å². The summed E-state index contributed by atoms with van der Waals surface area (Å²) in [7, 11) is -3.87. The van der Waals surface area contributed by atoms with Crippen molar-refractivity contribution in [3.05, 3.63) is 93.0 Å². The number of nitrogens with one attached hydrogen (secondary N) is 2. The lowest BCUT2D eigenvalue weighted by Crippen LogP contribution is -2.27. The standard InChI is InChI=1S/C27H32N2O3S/c1-16-8-9-17(2)25(12-16)29-33(31,32)26-15-23(11-10-18(26)3)27(30)28-22(7)24-14-20(5)19(4)13-21(24)6/h8-15,22,29H,1-7H3,(H,28,30)/t22-/m1/s1. The maximum absolute atomic E-state index is 13.2. The predicted molar refractivity (Wildman–Crippen MR) is 134 cm³/mol. The van der Waals surface area contributed by atoms with Crippen LogP contribution in [0, 0.1) is 41.5 Å². The molecule has 0 radical (unpaired) electrons. The summed E-state index contributed by atoms with van der Waals surface area (Å²) in [6, 6.07) is 14.4. The van der Waals surface area contributed by atoms with E-state index in [-0.39, 0.29) is 16.8 Å². The van der Waals surface area contributed by atoms with Crippen molar-refractivity contribution in [1.82, 2.24) is 5.32 Å². The van der Waals surface area contributed by atoms with Crippen LogP contribution in [0.25, 0.3) is 0 Å². The molecule has 1 atom stereocenters. The summed E-state index contributed by atoms with van der Waals surface area (Å²) in [5.41, 5.74) is 7.71. The third-order valence-electron chi connectivity index (χ3n) is 6.07. The number of hydrogen-bond acceptors (Lipinski definition) is 3. The Morgan fingerprint density at radius 1 is 0.758 bits per heavy atom. The molecule has 6 heteroatoms. The van der Waals surface area contributed by atoms with E-state index in [1.807, 2.05) is 46.8 Å². The predicted octanol–water partition coefficient (Wildman–Crippen LogP) is 5.83. The van der Waals surface area contributed by atoms with E-state index in [9.17, 15) is 13.2 Å². The van der Waals surface area contributed by atoms with Gasteiger partial charge in [0.2, 0.25) is 0 Å². The highest BCUT2D eigenvalue weighted by Gasteiger charge is 2.21. The van der Waals surface area contributed by atoms with E-state index in [2.05, 4.69) is 29.1 Å². The molecule has 0 bridgehead atoms. The van der Waals surface area contributed by atoms with E-state index in [0.29, 0.717) is 16.8 Å². The highest BCUT2D eigenvalue weighted by molar-refractivity contribution is 7.92. The van der Waals surface area contributed by atoms with E-state index < -0.39 is 10.0 Å². The summed E-state index contributed by atoms with van der Waals surface area (Å²) < 4.78 is 29.0. The number of carbonyl (C=O) groups excluding carboxylic acids is 1. The number of rotatable bonds is 6. The normalized spacial score (nSPS) is 12.3. The number of aryl methyl sites for hydroxylation is 6. The molecule has 2 N–H and O–H groups in total. The highest BCUT2D eigenvalue weighted by atomic mass is 32.2. The van der Waals surface area contributed by atoms with Crippen LogP contribution in [-0.2, 0) is 10.0 Å². The van der Waals surface area contributed by atoms with Crippen LogP contribution in [0.2, 0.25) is 0 Å². The minimum absolute atomic E-state index is 0.0890. The fourth-order valence-corrected chi connectivity index (χ4v) is 5.28. The first-order valence-corrected chi connectivity index (χ1v) is 12.5. The van der Waals surface area contributed by atoms with Crippen molar-refractivity contribution >= 4 is 21.6 Å². The lowest BCUT2D eigenvalue weighted by atomic mass is 9.96. The number of carbonyl (C=O) groups is 1. The van der Waals surface area contributed by atoms with Gasteiger partial charge in [0, 0.05) is 5.56 Å². The Labute approximate surface area is 197 Å². The molecule has 0 fully saturated rings. The largest absolute Gasteiger partial charge is 0.346 e. The number of amides is 1. The van der Waals surface area contributed by atoms with E-state index in [0.717, 1.165) is 27.8 Å². The summed E-state index contributed by atoms with van der Waals surface area (Å²) in [4.78, 5) is 13.1. The van der Waals surface area contributed by atoms with Gasteiger partial charge in [0.1, 0.15) is 0 Å². The summed E-state index contributed by atoms with van der Waals surface area (Å²) in [6.45, 7) is 13.6. The maximum atomic E-state index is 13.2. The maximum Gasteiger partial charge on any atom is 0.262 e. The minimum atomic E-state index is -3.87. The molecule has 0 aromatic heterocycles. The third kappa shape index (κ3) is 5.45. The Hall–Kier alpha value is -3.12. The topological polar surface area (TPSA) is 75.3 Å². The van der Waals surface area contributed by atoms with Gasteiger partial charge < -0.3 is 5.32 Å². The first-order chi connectivity index (χ1) is 15.4. The molecule has 0 unspecified atom stereocenters. The van der Waals surface area contributed by atoms with Gasteiger partial charge in [0.15, 0.2) is 0 Å². The van der Waals surface area contributed by atoms with Gasteiger partial charge in [0.05, 0.1) is 16.6 Å². The van der Waals surface area contributed by atoms with E-state index in [1.54, 1.807) is 25.1 Å². The average molecular weight is 465 g/mol. The van der Waals surface area contributed by atoms with Crippen LogP contribution in [-0.4, -0.2) is 14.3 Å². The zero-order valence-corrected chi connectivity index (χ0v) is 21.1. The van der Waals surface area contributed by atoms with Crippen molar-refractivity contribution in [2.75, 3.05) is 4.72 Å². The highest BCUT2D eigenvalue weighted by Crippen LogP contribution is 2.25. The number of benzene rings is 3. The number of sulfonamides is 1. The smallest absolute Gasteiger partial charge is 0.262 e. The summed E-state index contributed by atoms with van der Waals surface area (Å²) in [6.07, 6.45) is 0. The van der Waals surface area contributed by atoms with Crippen molar-refractivity contribution in [1.29, 1.82) is 0 Å². The fraction of sp³-hybridized carbons (Fsp3) is 0.296. The lowest BCUT2D eigenvalue weighted by molar-refractivity contribution is 0.0939. The molecule has 0 aliphatic heterocycles. The molecule has 5 nitrogen and oxygen atoms in total.